The van der Waals surface area contributed by atoms with Crippen LogP contribution in [0.4, 0.5) is 0 Å². The van der Waals surface area contributed by atoms with Crippen molar-refractivity contribution in [1.82, 2.24) is 0 Å². The summed E-state index contributed by atoms with van der Waals surface area (Å²) in [5, 5.41) is 10.2. The van der Waals surface area contributed by atoms with Crippen LogP contribution >= 0.6 is 0 Å². The van der Waals surface area contributed by atoms with E-state index in [9.17, 15) is 5.11 Å². The molecule has 1 aromatic carbocycles. The summed E-state index contributed by atoms with van der Waals surface area (Å²) >= 11 is 0. The van der Waals surface area contributed by atoms with E-state index in [1.807, 2.05) is 45.0 Å². The van der Waals surface area contributed by atoms with E-state index in [0.717, 1.165) is 11.3 Å². The summed E-state index contributed by atoms with van der Waals surface area (Å²) in [5.41, 5.74) is 0.253. The standard InChI is InChI=1S/C13H20O3/c1-5-16-13(2,3)12(14)10-6-8-11(15-4)9-7-10/h6-9,12,14H,5H2,1-4H3. The average molecular weight is 224 g/mol. The van der Waals surface area contributed by atoms with Gasteiger partial charge in [-0.1, -0.05) is 12.1 Å². The van der Waals surface area contributed by atoms with Crippen molar-refractivity contribution in [3.8, 4) is 5.75 Å². The zero-order valence-corrected chi connectivity index (χ0v) is 10.4. The van der Waals surface area contributed by atoms with Gasteiger partial charge in [0.15, 0.2) is 0 Å². The van der Waals surface area contributed by atoms with Gasteiger partial charge in [0, 0.05) is 6.61 Å². The number of hydrogen-bond acceptors (Lipinski definition) is 3. The molecule has 0 radical (unpaired) electrons. The van der Waals surface area contributed by atoms with Crippen molar-refractivity contribution < 1.29 is 14.6 Å². The molecular formula is C13H20O3. The predicted molar refractivity (Wildman–Crippen MR) is 63.7 cm³/mol. The fourth-order valence-corrected chi connectivity index (χ4v) is 1.64. The van der Waals surface area contributed by atoms with Gasteiger partial charge in [0.25, 0.3) is 0 Å². The molecule has 0 amide bonds. The minimum Gasteiger partial charge on any atom is -0.497 e. The molecule has 0 aliphatic heterocycles. The van der Waals surface area contributed by atoms with Gasteiger partial charge in [-0.05, 0) is 38.5 Å². The quantitative estimate of drug-likeness (QED) is 0.835. The van der Waals surface area contributed by atoms with Crippen molar-refractivity contribution in [2.24, 2.45) is 0 Å². The molecule has 16 heavy (non-hydrogen) atoms. The first-order valence-corrected chi connectivity index (χ1v) is 5.47. The number of hydrogen-bond donors (Lipinski definition) is 1. The van der Waals surface area contributed by atoms with E-state index < -0.39 is 11.7 Å². The number of ether oxygens (including phenoxy) is 2. The molecule has 0 saturated carbocycles. The lowest BCUT2D eigenvalue weighted by molar-refractivity contribution is -0.0983. The molecule has 0 aliphatic carbocycles. The van der Waals surface area contributed by atoms with Gasteiger partial charge in [0.1, 0.15) is 11.9 Å². The highest BCUT2D eigenvalue weighted by atomic mass is 16.5. The Bertz CT molecular complexity index is 316. The third kappa shape index (κ3) is 2.97. The van der Waals surface area contributed by atoms with Crippen LogP contribution in [0.2, 0.25) is 0 Å². The zero-order valence-electron chi connectivity index (χ0n) is 10.4. The van der Waals surface area contributed by atoms with E-state index in [4.69, 9.17) is 9.47 Å². The number of benzene rings is 1. The van der Waals surface area contributed by atoms with E-state index in [1.165, 1.54) is 0 Å². The second-order valence-corrected chi connectivity index (χ2v) is 4.21. The molecule has 0 saturated heterocycles. The molecule has 0 bridgehead atoms. The van der Waals surface area contributed by atoms with Crippen LogP contribution in [0, 0.1) is 0 Å². The van der Waals surface area contributed by atoms with Gasteiger partial charge in [-0.15, -0.1) is 0 Å². The SMILES string of the molecule is CCOC(C)(C)C(O)c1ccc(OC)cc1. The number of methoxy groups -OCH3 is 1. The molecule has 1 N–H and O–H groups in total. The fourth-order valence-electron chi connectivity index (χ4n) is 1.64. The van der Waals surface area contributed by atoms with Crippen molar-refractivity contribution >= 4 is 0 Å². The third-order valence-corrected chi connectivity index (χ3v) is 2.61. The molecule has 3 heteroatoms. The van der Waals surface area contributed by atoms with Crippen LogP contribution in [0.25, 0.3) is 0 Å². The van der Waals surface area contributed by atoms with Gasteiger partial charge in [-0.3, -0.25) is 0 Å². The molecule has 1 rings (SSSR count). The van der Waals surface area contributed by atoms with Crippen LogP contribution in [0.5, 0.6) is 5.75 Å². The largest absolute Gasteiger partial charge is 0.497 e. The maximum atomic E-state index is 10.2. The summed E-state index contributed by atoms with van der Waals surface area (Å²) in [7, 11) is 1.62. The molecule has 0 fully saturated rings. The lowest BCUT2D eigenvalue weighted by Gasteiger charge is -2.30. The normalized spacial score (nSPS) is 13.6. The van der Waals surface area contributed by atoms with Crippen molar-refractivity contribution in [3.05, 3.63) is 29.8 Å². The summed E-state index contributed by atoms with van der Waals surface area (Å²) in [5.74, 6) is 0.783. The highest BCUT2D eigenvalue weighted by molar-refractivity contribution is 5.29. The smallest absolute Gasteiger partial charge is 0.118 e. The number of rotatable bonds is 5. The van der Waals surface area contributed by atoms with Crippen LogP contribution in [-0.4, -0.2) is 24.4 Å². The molecule has 0 spiro atoms. The fraction of sp³-hybridized carbons (Fsp3) is 0.538. The predicted octanol–water partition coefficient (Wildman–Crippen LogP) is 2.54. The molecule has 3 nitrogen and oxygen atoms in total. The number of aliphatic hydroxyl groups excluding tert-OH is 1. The molecular weight excluding hydrogens is 204 g/mol. The monoisotopic (exact) mass is 224 g/mol. The van der Waals surface area contributed by atoms with Crippen LogP contribution in [-0.2, 0) is 4.74 Å². The molecule has 0 aromatic heterocycles. The maximum absolute atomic E-state index is 10.2. The van der Waals surface area contributed by atoms with E-state index >= 15 is 0 Å². The molecule has 0 aliphatic rings. The Morgan fingerprint density at radius 3 is 2.25 bits per heavy atom. The lowest BCUT2D eigenvalue weighted by Crippen LogP contribution is -2.32. The Balaban J connectivity index is 2.83. The van der Waals surface area contributed by atoms with Crippen molar-refractivity contribution in [3.63, 3.8) is 0 Å². The molecule has 1 aromatic rings. The Morgan fingerprint density at radius 1 is 1.25 bits per heavy atom. The Kier molecular flexibility index (Phi) is 4.33. The second kappa shape index (κ2) is 5.32. The van der Waals surface area contributed by atoms with Crippen LogP contribution in [0.3, 0.4) is 0 Å². The highest BCUT2D eigenvalue weighted by Crippen LogP contribution is 2.29. The van der Waals surface area contributed by atoms with E-state index in [0.29, 0.717) is 6.61 Å². The summed E-state index contributed by atoms with van der Waals surface area (Å²) in [4.78, 5) is 0. The molecule has 1 atom stereocenters. The highest BCUT2D eigenvalue weighted by Gasteiger charge is 2.29. The zero-order chi connectivity index (χ0) is 12.2. The first-order valence-electron chi connectivity index (χ1n) is 5.47. The molecule has 90 valence electrons. The van der Waals surface area contributed by atoms with Gasteiger partial charge in [0.2, 0.25) is 0 Å². The Labute approximate surface area is 97.0 Å². The minimum atomic E-state index is -0.640. The third-order valence-electron chi connectivity index (χ3n) is 2.61. The van der Waals surface area contributed by atoms with Gasteiger partial charge < -0.3 is 14.6 Å². The van der Waals surface area contributed by atoms with Crippen molar-refractivity contribution in [2.45, 2.75) is 32.5 Å². The van der Waals surface area contributed by atoms with Crippen LogP contribution < -0.4 is 4.74 Å². The summed E-state index contributed by atoms with van der Waals surface area (Å²) in [6, 6.07) is 7.37. The maximum Gasteiger partial charge on any atom is 0.118 e. The molecule has 1 unspecified atom stereocenters. The first-order chi connectivity index (χ1) is 7.51. The van der Waals surface area contributed by atoms with E-state index in [2.05, 4.69) is 0 Å². The Morgan fingerprint density at radius 2 is 1.81 bits per heavy atom. The molecule has 0 heterocycles. The van der Waals surface area contributed by atoms with Gasteiger partial charge in [-0.2, -0.15) is 0 Å². The van der Waals surface area contributed by atoms with Crippen LogP contribution in [0.1, 0.15) is 32.4 Å². The van der Waals surface area contributed by atoms with E-state index in [-0.39, 0.29) is 0 Å². The second-order valence-electron chi connectivity index (χ2n) is 4.21. The van der Waals surface area contributed by atoms with Crippen molar-refractivity contribution in [1.29, 1.82) is 0 Å². The first kappa shape index (κ1) is 13.0. The van der Waals surface area contributed by atoms with Gasteiger partial charge in [-0.25, -0.2) is 0 Å². The Hall–Kier alpha value is -1.06. The average Bonchev–Trinajstić information content (AvgIpc) is 2.28. The van der Waals surface area contributed by atoms with Gasteiger partial charge in [0.05, 0.1) is 12.7 Å². The van der Waals surface area contributed by atoms with Crippen LogP contribution in [0.15, 0.2) is 24.3 Å². The topological polar surface area (TPSA) is 38.7 Å². The van der Waals surface area contributed by atoms with E-state index in [1.54, 1.807) is 7.11 Å². The summed E-state index contributed by atoms with van der Waals surface area (Å²) in [6.45, 7) is 6.26. The summed E-state index contributed by atoms with van der Waals surface area (Å²) in [6.07, 6.45) is -0.640. The summed E-state index contributed by atoms with van der Waals surface area (Å²) < 4.78 is 10.6. The number of aliphatic hydroxyl groups is 1. The lowest BCUT2D eigenvalue weighted by atomic mass is 9.94. The van der Waals surface area contributed by atoms with Crippen molar-refractivity contribution in [2.75, 3.05) is 13.7 Å². The minimum absolute atomic E-state index is 0.580. The van der Waals surface area contributed by atoms with Gasteiger partial charge >= 0.3 is 0 Å².